The van der Waals surface area contributed by atoms with Crippen LogP contribution < -0.4 is 10.5 Å². The van der Waals surface area contributed by atoms with Crippen molar-refractivity contribution < 1.29 is 9.32 Å². The smallest absolute Gasteiger partial charge is 0.336 e. The zero-order valence-electron chi connectivity index (χ0n) is 15.1. The maximum atomic E-state index is 12.1. The average Bonchev–Trinajstić information content (AvgIpc) is 3.20. The fourth-order valence-electron chi connectivity index (χ4n) is 4.23. The highest BCUT2D eigenvalue weighted by Gasteiger charge is 2.32. The molecule has 0 bridgehead atoms. The number of aryl methyl sites for hydroxylation is 3. The Balaban J connectivity index is 1.74. The molecule has 1 aromatic carbocycles. The quantitative estimate of drug-likeness (QED) is 0.747. The molecule has 0 saturated carbocycles. The van der Waals surface area contributed by atoms with E-state index < -0.39 is 0 Å². The minimum Gasteiger partial charge on any atom is -0.422 e. The van der Waals surface area contributed by atoms with E-state index in [4.69, 9.17) is 4.42 Å². The molecule has 2 atom stereocenters. The Labute approximate surface area is 147 Å². The Morgan fingerprint density at radius 3 is 2.88 bits per heavy atom. The van der Waals surface area contributed by atoms with Crippen LogP contribution in [0.15, 0.2) is 45.7 Å². The highest BCUT2D eigenvalue weighted by Crippen LogP contribution is 2.24. The molecule has 1 N–H and O–H groups in total. The Bertz CT molecular complexity index is 983. The van der Waals surface area contributed by atoms with Gasteiger partial charge in [0.1, 0.15) is 18.2 Å². The van der Waals surface area contributed by atoms with Crippen molar-refractivity contribution in [2.45, 2.75) is 39.3 Å². The van der Waals surface area contributed by atoms with Crippen LogP contribution in [0, 0.1) is 13.8 Å². The van der Waals surface area contributed by atoms with Gasteiger partial charge in [0.15, 0.2) is 0 Å². The van der Waals surface area contributed by atoms with E-state index in [1.54, 1.807) is 6.07 Å². The molecule has 0 aliphatic carbocycles. The van der Waals surface area contributed by atoms with Crippen molar-refractivity contribution >= 4 is 11.0 Å². The second kappa shape index (κ2) is 6.19. The first-order valence-electron chi connectivity index (χ1n) is 9.03. The number of likely N-dealkylation sites (tertiary alicyclic amines) is 1. The van der Waals surface area contributed by atoms with Crippen LogP contribution in [-0.4, -0.2) is 11.1 Å². The van der Waals surface area contributed by atoms with Crippen LogP contribution in [0.1, 0.15) is 41.3 Å². The molecule has 1 unspecified atom stereocenters. The maximum Gasteiger partial charge on any atom is 0.336 e. The topological polar surface area (TPSA) is 39.6 Å². The first kappa shape index (κ1) is 16.2. The van der Waals surface area contributed by atoms with Crippen LogP contribution in [0.2, 0.25) is 0 Å². The lowest BCUT2D eigenvalue weighted by atomic mass is 10.0. The van der Waals surface area contributed by atoms with Gasteiger partial charge in [-0.2, -0.15) is 0 Å². The third kappa shape index (κ3) is 2.81. The molecular formula is C21H25N2O2+. The number of benzene rings is 1. The predicted molar refractivity (Wildman–Crippen MR) is 98.9 cm³/mol. The molecule has 3 aromatic rings. The summed E-state index contributed by atoms with van der Waals surface area (Å²) in [6.45, 7) is 6.08. The molecule has 0 amide bonds. The number of nitrogens with zero attached hydrogens (tertiary/aromatic N) is 1. The summed E-state index contributed by atoms with van der Waals surface area (Å²) in [7, 11) is 2.12. The zero-order chi connectivity index (χ0) is 17.6. The molecule has 3 heterocycles. The summed E-state index contributed by atoms with van der Waals surface area (Å²) in [5.74, 6) is 0. The molecule has 25 heavy (non-hydrogen) atoms. The van der Waals surface area contributed by atoms with Gasteiger partial charge in [-0.1, -0.05) is 12.1 Å². The van der Waals surface area contributed by atoms with Gasteiger partial charge in [0, 0.05) is 43.1 Å². The van der Waals surface area contributed by atoms with Crippen molar-refractivity contribution in [2.75, 3.05) is 6.54 Å². The number of nitrogens with one attached hydrogen (secondary N) is 1. The first-order valence-corrected chi connectivity index (χ1v) is 9.03. The van der Waals surface area contributed by atoms with E-state index in [9.17, 15) is 4.79 Å². The maximum absolute atomic E-state index is 12.1. The van der Waals surface area contributed by atoms with Crippen LogP contribution in [0.25, 0.3) is 11.0 Å². The van der Waals surface area contributed by atoms with E-state index in [0.717, 1.165) is 40.7 Å². The molecule has 1 saturated heterocycles. The minimum absolute atomic E-state index is 0.245. The number of aromatic nitrogens is 1. The second-order valence-electron chi connectivity index (χ2n) is 7.30. The standard InChI is InChI=1S/C21H24N2O2/c1-14-8-9-17-16(12-20(24)25-21(17)15(14)2)13-23-11-5-7-19(23)18-6-4-10-22(18)3/h4,6,8-10,12,19H,5,7,11,13H2,1-3H3/p+1/t19-/m1/s1. The predicted octanol–water partition coefficient (Wildman–Crippen LogP) is 2.67. The summed E-state index contributed by atoms with van der Waals surface area (Å²) in [6.07, 6.45) is 4.54. The van der Waals surface area contributed by atoms with E-state index in [1.165, 1.54) is 23.4 Å². The minimum atomic E-state index is -0.245. The molecule has 1 aliphatic rings. The summed E-state index contributed by atoms with van der Waals surface area (Å²) >= 11 is 0. The Hall–Kier alpha value is -2.33. The van der Waals surface area contributed by atoms with Gasteiger partial charge in [0.2, 0.25) is 0 Å². The number of hydrogen-bond acceptors (Lipinski definition) is 2. The van der Waals surface area contributed by atoms with Gasteiger partial charge in [-0.15, -0.1) is 0 Å². The molecule has 2 aromatic heterocycles. The van der Waals surface area contributed by atoms with Crippen molar-refractivity contribution in [2.24, 2.45) is 7.05 Å². The SMILES string of the molecule is Cc1ccc2c(C[NH+]3CCC[C@@H]3c3cccn3C)cc(=O)oc2c1C. The van der Waals surface area contributed by atoms with Crippen LogP contribution in [0.5, 0.6) is 0 Å². The first-order chi connectivity index (χ1) is 12.0. The third-order valence-corrected chi connectivity index (χ3v) is 5.76. The van der Waals surface area contributed by atoms with Gasteiger partial charge in [0.25, 0.3) is 0 Å². The highest BCUT2D eigenvalue weighted by molar-refractivity contribution is 5.83. The molecular weight excluding hydrogens is 312 g/mol. The number of fused-ring (bicyclic) bond motifs is 1. The van der Waals surface area contributed by atoms with E-state index in [1.807, 2.05) is 6.92 Å². The molecule has 4 heteroatoms. The van der Waals surface area contributed by atoms with Crippen LogP contribution in [0.4, 0.5) is 0 Å². The van der Waals surface area contributed by atoms with E-state index >= 15 is 0 Å². The molecule has 1 fully saturated rings. The van der Waals surface area contributed by atoms with Gasteiger partial charge in [-0.25, -0.2) is 4.79 Å². The summed E-state index contributed by atoms with van der Waals surface area (Å²) in [5, 5.41) is 1.08. The van der Waals surface area contributed by atoms with Gasteiger partial charge < -0.3 is 13.9 Å². The van der Waals surface area contributed by atoms with Crippen LogP contribution in [-0.2, 0) is 13.6 Å². The summed E-state index contributed by atoms with van der Waals surface area (Å²) < 4.78 is 7.75. The lowest BCUT2D eigenvalue weighted by Gasteiger charge is -2.23. The van der Waals surface area contributed by atoms with Crippen molar-refractivity contribution in [3.63, 3.8) is 0 Å². The van der Waals surface area contributed by atoms with Crippen LogP contribution >= 0.6 is 0 Å². The lowest BCUT2D eigenvalue weighted by molar-refractivity contribution is -0.932. The van der Waals surface area contributed by atoms with Crippen molar-refractivity contribution in [1.82, 2.24) is 4.57 Å². The van der Waals surface area contributed by atoms with Crippen LogP contribution in [0.3, 0.4) is 0 Å². The normalized spacial score (nSPS) is 20.4. The number of hydrogen-bond donors (Lipinski definition) is 1. The fourth-order valence-corrected chi connectivity index (χ4v) is 4.23. The van der Waals surface area contributed by atoms with Crippen molar-refractivity contribution in [1.29, 1.82) is 0 Å². The van der Waals surface area contributed by atoms with Gasteiger partial charge in [-0.05, 0) is 37.1 Å². The van der Waals surface area contributed by atoms with E-state index in [2.05, 4.69) is 49.0 Å². The average molecular weight is 337 g/mol. The molecule has 1 aliphatic heterocycles. The lowest BCUT2D eigenvalue weighted by Crippen LogP contribution is -3.09. The number of quaternary nitrogens is 1. The van der Waals surface area contributed by atoms with Crippen molar-refractivity contribution in [3.8, 4) is 0 Å². The third-order valence-electron chi connectivity index (χ3n) is 5.76. The molecule has 0 radical (unpaired) electrons. The molecule has 4 rings (SSSR count). The monoisotopic (exact) mass is 337 g/mol. The van der Waals surface area contributed by atoms with Crippen molar-refractivity contribution in [3.05, 3.63) is 69.3 Å². The summed E-state index contributed by atoms with van der Waals surface area (Å²) in [6, 6.07) is 10.7. The molecule has 0 spiro atoms. The summed E-state index contributed by atoms with van der Waals surface area (Å²) in [5.41, 5.74) is 5.20. The van der Waals surface area contributed by atoms with E-state index in [-0.39, 0.29) is 5.63 Å². The number of rotatable bonds is 3. The molecule has 130 valence electrons. The Morgan fingerprint density at radius 1 is 1.28 bits per heavy atom. The summed E-state index contributed by atoms with van der Waals surface area (Å²) in [4.78, 5) is 13.7. The fraction of sp³-hybridized carbons (Fsp3) is 0.381. The Morgan fingerprint density at radius 2 is 2.12 bits per heavy atom. The van der Waals surface area contributed by atoms with Gasteiger partial charge in [-0.3, -0.25) is 0 Å². The van der Waals surface area contributed by atoms with E-state index in [0.29, 0.717) is 6.04 Å². The zero-order valence-corrected chi connectivity index (χ0v) is 15.1. The second-order valence-corrected chi connectivity index (χ2v) is 7.30. The largest absolute Gasteiger partial charge is 0.422 e. The molecule has 4 nitrogen and oxygen atoms in total. The van der Waals surface area contributed by atoms with Gasteiger partial charge >= 0.3 is 5.63 Å². The highest BCUT2D eigenvalue weighted by atomic mass is 16.4. The Kier molecular flexibility index (Phi) is 4.00. The van der Waals surface area contributed by atoms with Gasteiger partial charge in [0.05, 0.1) is 12.2 Å².